The topological polar surface area (TPSA) is 44.8 Å². The molecule has 6 heteroatoms. The minimum atomic E-state index is -1.72. The molecule has 0 spiro atoms. The second-order valence-corrected chi connectivity index (χ2v) is 19.5. The van der Waals surface area contributed by atoms with Gasteiger partial charge in [0.05, 0.1) is 6.61 Å². The quantitative estimate of drug-likeness (QED) is 0.0737. The van der Waals surface area contributed by atoms with E-state index in [9.17, 15) is 4.79 Å². The van der Waals surface area contributed by atoms with Crippen LogP contribution in [0.3, 0.4) is 0 Å². The van der Waals surface area contributed by atoms with Crippen LogP contribution in [0.2, 0.25) is 39.3 Å². The molecular formula is C27H52O4Si2. The highest BCUT2D eigenvalue weighted by Gasteiger charge is 2.25. The van der Waals surface area contributed by atoms with Gasteiger partial charge >= 0.3 is 5.97 Å². The molecule has 0 aromatic rings. The number of hydrogen-bond acceptors (Lipinski definition) is 4. The Morgan fingerprint density at radius 1 is 0.727 bits per heavy atom. The van der Waals surface area contributed by atoms with Crippen LogP contribution in [0.1, 0.15) is 71.1 Å². The SMILES string of the molecule is CCC=CCC=CCC=CCCCCCCCC(=O)OCC(CO[Si](C)(C)C)O[Si](C)(C)C. The van der Waals surface area contributed by atoms with Crippen molar-refractivity contribution in [1.29, 1.82) is 0 Å². The van der Waals surface area contributed by atoms with Crippen molar-refractivity contribution in [3.63, 3.8) is 0 Å². The van der Waals surface area contributed by atoms with Crippen molar-refractivity contribution in [2.75, 3.05) is 13.2 Å². The summed E-state index contributed by atoms with van der Waals surface area (Å²) in [6.07, 6.45) is 23.7. The average Bonchev–Trinajstić information content (AvgIpc) is 2.71. The molecule has 0 fully saturated rings. The molecule has 1 unspecified atom stereocenters. The first kappa shape index (κ1) is 32.0. The van der Waals surface area contributed by atoms with Crippen LogP contribution in [-0.2, 0) is 18.4 Å². The summed E-state index contributed by atoms with van der Waals surface area (Å²) >= 11 is 0. The number of hydrogen-bond donors (Lipinski definition) is 0. The van der Waals surface area contributed by atoms with Gasteiger partial charge in [0.1, 0.15) is 12.7 Å². The maximum Gasteiger partial charge on any atom is 0.305 e. The van der Waals surface area contributed by atoms with Crippen LogP contribution >= 0.6 is 0 Å². The number of esters is 1. The predicted molar refractivity (Wildman–Crippen MR) is 148 cm³/mol. The normalized spacial score (nSPS) is 14.0. The van der Waals surface area contributed by atoms with Gasteiger partial charge in [0.15, 0.2) is 16.6 Å². The van der Waals surface area contributed by atoms with E-state index in [-0.39, 0.29) is 12.1 Å². The Labute approximate surface area is 207 Å². The van der Waals surface area contributed by atoms with E-state index in [1.807, 2.05) is 0 Å². The molecule has 0 aromatic carbocycles. The maximum atomic E-state index is 12.1. The molecular weight excluding hydrogens is 444 g/mol. The van der Waals surface area contributed by atoms with Crippen LogP contribution in [-0.4, -0.2) is 41.9 Å². The Kier molecular flexibility index (Phi) is 18.8. The third kappa shape index (κ3) is 25.5. The van der Waals surface area contributed by atoms with E-state index < -0.39 is 16.6 Å². The van der Waals surface area contributed by atoms with E-state index in [1.54, 1.807) is 0 Å². The first-order chi connectivity index (χ1) is 15.5. The van der Waals surface area contributed by atoms with Crippen LogP contribution in [0, 0.1) is 0 Å². The Hall–Kier alpha value is -0.956. The average molecular weight is 497 g/mol. The van der Waals surface area contributed by atoms with E-state index >= 15 is 0 Å². The van der Waals surface area contributed by atoms with Crippen LogP contribution < -0.4 is 0 Å². The Balaban J connectivity index is 3.82. The Morgan fingerprint density at radius 2 is 1.30 bits per heavy atom. The first-order valence-corrected chi connectivity index (χ1v) is 19.8. The van der Waals surface area contributed by atoms with E-state index in [0.29, 0.717) is 19.6 Å². The summed E-state index contributed by atoms with van der Waals surface area (Å²) in [5.41, 5.74) is 0. The molecule has 0 aliphatic heterocycles. The minimum absolute atomic E-state index is 0.117. The molecule has 0 saturated carbocycles. The zero-order valence-electron chi connectivity index (χ0n) is 22.7. The van der Waals surface area contributed by atoms with Gasteiger partial charge in [-0.05, 0) is 77.8 Å². The molecule has 192 valence electrons. The smallest absolute Gasteiger partial charge is 0.305 e. The second kappa shape index (κ2) is 19.4. The molecule has 0 amide bonds. The fourth-order valence-electron chi connectivity index (χ4n) is 3.11. The highest BCUT2D eigenvalue weighted by atomic mass is 28.4. The zero-order valence-corrected chi connectivity index (χ0v) is 24.7. The highest BCUT2D eigenvalue weighted by molar-refractivity contribution is 6.70. The van der Waals surface area contributed by atoms with Gasteiger partial charge in [0, 0.05) is 6.42 Å². The van der Waals surface area contributed by atoms with E-state index in [2.05, 4.69) is 82.7 Å². The van der Waals surface area contributed by atoms with E-state index in [0.717, 1.165) is 38.5 Å². The van der Waals surface area contributed by atoms with Crippen molar-refractivity contribution < 1.29 is 18.4 Å². The fraction of sp³-hybridized carbons (Fsp3) is 0.741. The molecule has 0 N–H and O–H groups in total. The molecule has 0 heterocycles. The third-order valence-corrected chi connectivity index (χ3v) is 6.76. The van der Waals surface area contributed by atoms with Gasteiger partial charge in [-0.15, -0.1) is 0 Å². The van der Waals surface area contributed by atoms with Crippen molar-refractivity contribution in [2.45, 2.75) is 117 Å². The van der Waals surface area contributed by atoms with Crippen LogP contribution in [0.25, 0.3) is 0 Å². The van der Waals surface area contributed by atoms with Crippen LogP contribution in [0.4, 0.5) is 0 Å². The zero-order chi connectivity index (χ0) is 25.0. The number of allylic oxidation sites excluding steroid dienone is 6. The van der Waals surface area contributed by atoms with Gasteiger partial charge in [-0.1, -0.05) is 62.6 Å². The first-order valence-electron chi connectivity index (χ1n) is 13.0. The predicted octanol–water partition coefficient (Wildman–Crippen LogP) is 8.19. The Bertz CT molecular complexity index is 572. The largest absolute Gasteiger partial charge is 0.463 e. The van der Waals surface area contributed by atoms with Gasteiger partial charge in [-0.3, -0.25) is 4.79 Å². The number of rotatable bonds is 20. The van der Waals surface area contributed by atoms with Crippen molar-refractivity contribution in [1.82, 2.24) is 0 Å². The summed E-state index contributed by atoms with van der Waals surface area (Å²) in [6.45, 7) is 15.9. The van der Waals surface area contributed by atoms with Crippen LogP contribution in [0.5, 0.6) is 0 Å². The van der Waals surface area contributed by atoms with Gasteiger partial charge in [0.2, 0.25) is 0 Å². The third-order valence-electron chi connectivity index (χ3n) is 4.68. The van der Waals surface area contributed by atoms with Gasteiger partial charge in [-0.25, -0.2) is 0 Å². The lowest BCUT2D eigenvalue weighted by molar-refractivity contribution is -0.146. The summed E-state index contributed by atoms with van der Waals surface area (Å²) in [6, 6.07) is 0. The monoisotopic (exact) mass is 496 g/mol. The summed E-state index contributed by atoms with van der Waals surface area (Å²) in [4.78, 5) is 12.1. The lowest BCUT2D eigenvalue weighted by atomic mass is 10.1. The molecule has 1 atom stereocenters. The molecule has 33 heavy (non-hydrogen) atoms. The molecule has 0 aromatic heterocycles. The molecule has 0 bridgehead atoms. The summed E-state index contributed by atoms with van der Waals surface area (Å²) in [5, 5.41) is 0. The van der Waals surface area contributed by atoms with Crippen molar-refractivity contribution >= 4 is 22.6 Å². The molecule has 0 rings (SSSR count). The molecule has 0 radical (unpaired) electrons. The number of carbonyl (C=O) groups is 1. The molecule has 0 saturated heterocycles. The minimum Gasteiger partial charge on any atom is -0.463 e. The van der Waals surface area contributed by atoms with Crippen LogP contribution in [0.15, 0.2) is 36.5 Å². The number of ether oxygens (including phenoxy) is 1. The highest BCUT2D eigenvalue weighted by Crippen LogP contribution is 2.13. The Morgan fingerprint density at radius 3 is 1.91 bits per heavy atom. The standard InChI is InChI=1S/C27H52O4Si2/c1-8-9-10-11-12-13-14-15-16-17-18-19-20-21-22-23-27(28)29-24-26(31-33(5,6)7)25-30-32(2,3)4/h9-10,12-13,15-16,26H,8,11,14,17-25H2,1-7H3. The van der Waals surface area contributed by atoms with Crippen molar-refractivity contribution in [3.05, 3.63) is 36.5 Å². The van der Waals surface area contributed by atoms with Gasteiger partial charge in [0.25, 0.3) is 0 Å². The van der Waals surface area contributed by atoms with Crippen molar-refractivity contribution in [3.8, 4) is 0 Å². The summed E-state index contributed by atoms with van der Waals surface area (Å²) in [5.74, 6) is -0.117. The van der Waals surface area contributed by atoms with E-state index in [4.69, 9.17) is 13.6 Å². The summed E-state index contributed by atoms with van der Waals surface area (Å²) in [7, 11) is -3.34. The number of carbonyl (C=O) groups excluding carboxylic acids is 1. The fourth-order valence-corrected chi connectivity index (χ4v) is 4.93. The second-order valence-electron chi connectivity index (χ2n) is 10.6. The molecule has 4 nitrogen and oxygen atoms in total. The lowest BCUT2D eigenvalue weighted by Gasteiger charge is -2.28. The number of unbranched alkanes of at least 4 members (excludes halogenated alkanes) is 5. The maximum absolute atomic E-state index is 12.1. The van der Waals surface area contributed by atoms with Crippen molar-refractivity contribution in [2.24, 2.45) is 0 Å². The van der Waals surface area contributed by atoms with E-state index in [1.165, 1.54) is 19.3 Å². The molecule has 0 aliphatic carbocycles. The van der Waals surface area contributed by atoms with Gasteiger partial charge in [-0.2, -0.15) is 0 Å². The molecule has 0 aliphatic rings. The summed E-state index contributed by atoms with van der Waals surface area (Å²) < 4.78 is 17.7. The lowest BCUT2D eigenvalue weighted by Crippen LogP contribution is -2.40. The van der Waals surface area contributed by atoms with Gasteiger partial charge < -0.3 is 13.6 Å².